The number of anilines is 1. The van der Waals surface area contributed by atoms with Gasteiger partial charge in [-0.05, 0) is 47.5 Å². The number of carbonyl (C=O) groups excluding carboxylic acids is 1. The number of nitrogens with one attached hydrogen (secondary N) is 1. The Hall–Kier alpha value is -5.21. The highest BCUT2D eigenvalue weighted by Gasteiger charge is 2.28. The lowest BCUT2D eigenvalue weighted by molar-refractivity contribution is 0.0955. The van der Waals surface area contributed by atoms with Crippen molar-refractivity contribution in [2.75, 3.05) is 4.31 Å². The second kappa shape index (κ2) is 13.4. The third kappa shape index (κ3) is 6.92. The van der Waals surface area contributed by atoms with Crippen molar-refractivity contribution in [3.05, 3.63) is 162 Å². The lowest BCUT2D eigenvalue weighted by Crippen LogP contribution is -2.33. The van der Waals surface area contributed by atoms with Gasteiger partial charge in [-0.1, -0.05) is 103 Å². The average molecular weight is 576 g/mol. The molecule has 0 radical (unpaired) electrons. The van der Waals surface area contributed by atoms with Gasteiger partial charge in [-0.3, -0.25) is 9.10 Å². The fraction of sp³-hybridized carbons (Fsp3) is 0.0588. The van der Waals surface area contributed by atoms with Crippen LogP contribution in [-0.4, -0.2) is 20.5 Å². The number of sulfonamides is 1. The van der Waals surface area contributed by atoms with Crippen LogP contribution >= 0.6 is 0 Å². The second-order valence-corrected chi connectivity index (χ2v) is 11.2. The highest BCUT2D eigenvalue weighted by atomic mass is 32.2. The summed E-state index contributed by atoms with van der Waals surface area (Å²) >= 11 is 0. The summed E-state index contributed by atoms with van der Waals surface area (Å²) in [7, 11) is -4.01. The van der Waals surface area contributed by atoms with Gasteiger partial charge in [0.05, 0.1) is 28.9 Å². The maximum Gasteiger partial charge on any atom is 0.273 e. The van der Waals surface area contributed by atoms with Crippen molar-refractivity contribution in [1.82, 2.24) is 5.43 Å². The highest BCUT2D eigenvalue weighted by Crippen LogP contribution is 2.29. The molecule has 42 heavy (non-hydrogen) atoms. The molecule has 8 heteroatoms. The van der Waals surface area contributed by atoms with Gasteiger partial charge in [0.2, 0.25) is 0 Å². The fourth-order valence-electron chi connectivity index (χ4n) is 4.33. The van der Waals surface area contributed by atoms with Crippen LogP contribution in [0.5, 0.6) is 5.75 Å². The van der Waals surface area contributed by atoms with Crippen LogP contribution in [-0.2, 0) is 23.2 Å². The van der Waals surface area contributed by atoms with Gasteiger partial charge in [-0.15, -0.1) is 0 Å². The van der Waals surface area contributed by atoms with E-state index in [1.54, 1.807) is 42.5 Å². The molecule has 0 unspecified atom stereocenters. The van der Waals surface area contributed by atoms with Crippen LogP contribution in [0.4, 0.5) is 5.69 Å². The molecule has 5 aromatic carbocycles. The van der Waals surface area contributed by atoms with E-state index in [0.29, 0.717) is 17.9 Å². The summed E-state index contributed by atoms with van der Waals surface area (Å²) < 4.78 is 35.0. The normalized spacial score (nSPS) is 11.2. The zero-order valence-corrected chi connectivity index (χ0v) is 23.5. The third-order valence-corrected chi connectivity index (χ3v) is 8.22. The van der Waals surface area contributed by atoms with E-state index in [9.17, 15) is 13.2 Å². The van der Waals surface area contributed by atoms with Crippen LogP contribution in [0.25, 0.3) is 0 Å². The molecule has 1 amide bonds. The molecule has 0 heterocycles. The number of amides is 1. The summed E-state index contributed by atoms with van der Waals surface area (Å²) in [5.41, 5.74) is 5.44. The SMILES string of the molecule is O=C(N/N=C\c1ccccc1OCc1ccccc1)c1ccccc1N(Cc1ccccc1)S(=O)(=O)c1ccccc1. The molecule has 0 aliphatic carbocycles. The van der Waals surface area contributed by atoms with Gasteiger partial charge in [0.1, 0.15) is 12.4 Å². The number of nitrogens with zero attached hydrogens (tertiary/aromatic N) is 2. The molecule has 0 bridgehead atoms. The van der Waals surface area contributed by atoms with Crippen LogP contribution in [0, 0.1) is 0 Å². The Kier molecular flexibility index (Phi) is 9.06. The first-order valence-electron chi connectivity index (χ1n) is 13.3. The first-order valence-corrected chi connectivity index (χ1v) is 14.8. The molecule has 5 aromatic rings. The number of ether oxygens (including phenoxy) is 1. The van der Waals surface area contributed by atoms with Gasteiger partial charge in [0.25, 0.3) is 15.9 Å². The predicted molar refractivity (Wildman–Crippen MR) is 165 cm³/mol. The lowest BCUT2D eigenvalue weighted by Gasteiger charge is -2.26. The van der Waals surface area contributed by atoms with Crippen molar-refractivity contribution in [1.29, 1.82) is 0 Å². The van der Waals surface area contributed by atoms with E-state index < -0.39 is 15.9 Å². The van der Waals surface area contributed by atoms with Gasteiger partial charge in [0.15, 0.2) is 0 Å². The molecule has 5 rings (SSSR count). The first kappa shape index (κ1) is 28.3. The number of benzene rings is 5. The van der Waals surface area contributed by atoms with Crippen molar-refractivity contribution in [2.24, 2.45) is 5.10 Å². The van der Waals surface area contributed by atoms with Gasteiger partial charge in [0, 0.05) is 5.56 Å². The summed E-state index contributed by atoms with van der Waals surface area (Å²) in [6.45, 7) is 0.427. The number of hydrogen-bond donors (Lipinski definition) is 1. The molecule has 0 spiro atoms. The van der Waals surface area contributed by atoms with Gasteiger partial charge in [-0.25, -0.2) is 13.8 Å². The molecule has 7 nitrogen and oxygen atoms in total. The van der Waals surface area contributed by atoms with E-state index in [0.717, 1.165) is 11.1 Å². The molecular weight excluding hydrogens is 546 g/mol. The summed E-state index contributed by atoms with van der Waals surface area (Å²) in [5.74, 6) is 0.0635. The molecule has 1 N–H and O–H groups in total. The van der Waals surface area contributed by atoms with Gasteiger partial charge >= 0.3 is 0 Å². The van der Waals surface area contributed by atoms with Crippen molar-refractivity contribution < 1.29 is 17.9 Å². The quantitative estimate of drug-likeness (QED) is 0.145. The van der Waals surface area contributed by atoms with E-state index in [4.69, 9.17) is 4.74 Å². The Bertz CT molecular complexity index is 1760. The molecule has 0 fully saturated rings. The Morgan fingerprint density at radius 3 is 2.00 bits per heavy atom. The smallest absolute Gasteiger partial charge is 0.273 e. The number of carbonyl (C=O) groups is 1. The molecule has 0 saturated heterocycles. The lowest BCUT2D eigenvalue weighted by atomic mass is 10.1. The Morgan fingerprint density at radius 1 is 0.714 bits per heavy atom. The average Bonchev–Trinajstić information content (AvgIpc) is 3.04. The van der Waals surface area contributed by atoms with Crippen molar-refractivity contribution in [2.45, 2.75) is 18.0 Å². The second-order valence-electron chi connectivity index (χ2n) is 9.34. The highest BCUT2D eigenvalue weighted by molar-refractivity contribution is 7.92. The minimum absolute atomic E-state index is 0.0394. The minimum atomic E-state index is -4.01. The van der Waals surface area contributed by atoms with E-state index in [1.807, 2.05) is 84.9 Å². The number of para-hydroxylation sites is 2. The zero-order valence-electron chi connectivity index (χ0n) is 22.7. The first-order chi connectivity index (χ1) is 20.5. The summed E-state index contributed by atoms with van der Waals surface area (Å²) in [6, 6.07) is 41.2. The maximum atomic E-state index is 13.9. The number of hydrogen-bond acceptors (Lipinski definition) is 5. The minimum Gasteiger partial charge on any atom is -0.488 e. The van der Waals surface area contributed by atoms with Crippen molar-refractivity contribution in [3.8, 4) is 5.75 Å². The van der Waals surface area contributed by atoms with E-state index in [2.05, 4.69) is 10.5 Å². The monoisotopic (exact) mass is 575 g/mol. The van der Waals surface area contributed by atoms with Crippen LogP contribution in [0.1, 0.15) is 27.0 Å². The van der Waals surface area contributed by atoms with E-state index >= 15 is 0 Å². The molecular formula is C34H29N3O4S. The molecule has 210 valence electrons. The fourth-order valence-corrected chi connectivity index (χ4v) is 5.82. The standard InChI is InChI=1S/C34H29N3O4S/c38-34(36-35-24-29-18-10-13-23-33(29)41-26-28-16-6-2-7-17-28)31-21-11-12-22-32(31)37(25-27-14-4-1-5-15-27)42(39,40)30-19-8-3-9-20-30/h1-24H,25-26H2,(H,36,38)/b35-24-. The van der Waals surface area contributed by atoms with E-state index in [1.165, 1.54) is 22.7 Å². The number of rotatable bonds is 11. The Balaban J connectivity index is 1.39. The molecule has 0 saturated carbocycles. The molecule has 0 aliphatic heterocycles. The van der Waals surface area contributed by atoms with Gasteiger partial charge < -0.3 is 4.74 Å². The molecule has 0 aromatic heterocycles. The maximum absolute atomic E-state index is 13.9. The topological polar surface area (TPSA) is 88.1 Å². The van der Waals surface area contributed by atoms with Crippen molar-refractivity contribution >= 4 is 27.8 Å². The van der Waals surface area contributed by atoms with Crippen LogP contribution in [0.2, 0.25) is 0 Å². The summed E-state index contributed by atoms with van der Waals surface area (Å²) in [4.78, 5) is 13.5. The van der Waals surface area contributed by atoms with Crippen LogP contribution < -0.4 is 14.5 Å². The predicted octanol–water partition coefficient (Wildman–Crippen LogP) is 6.43. The summed E-state index contributed by atoms with van der Waals surface area (Å²) in [5, 5.41) is 4.17. The molecule has 0 aliphatic rings. The number of hydrazone groups is 1. The Morgan fingerprint density at radius 2 is 1.29 bits per heavy atom. The van der Waals surface area contributed by atoms with Crippen LogP contribution in [0.3, 0.4) is 0 Å². The third-order valence-electron chi connectivity index (χ3n) is 6.44. The van der Waals surface area contributed by atoms with E-state index in [-0.39, 0.29) is 22.7 Å². The van der Waals surface area contributed by atoms with Gasteiger partial charge in [-0.2, -0.15) is 5.10 Å². The zero-order chi connectivity index (χ0) is 29.2. The summed E-state index contributed by atoms with van der Waals surface area (Å²) in [6.07, 6.45) is 1.50. The molecule has 0 atom stereocenters. The van der Waals surface area contributed by atoms with Crippen molar-refractivity contribution in [3.63, 3.8) is 0 Å². The van der Waals surface area contributed by atoms with Crippen LogP contribution in [0.15, 0.2) is 150 Å². The Labute approximate surface area is 245 Å². The largest absolute Gasteiger partial charge is 0.488 e.